The van der Waals surface area contributed by atoms with Crippen LogP contribution in [0, 0.1) is 16.0 Å². The summed E-state index contributed by atoms with van der Waals surface area (Å²) in [6.07, 6.45) is 4.64. The highest BCUT2D eigenvalue weighted by Gasteiger charge is 2.27. The molecule has 0 radical (unpaired) electrons. The molecule has 1 aliphatic carbocycles. The summed E-state index contributed by atoms with van der Waals surface area (Å²) < 4.78 is 0. The molecule has 0 amide bonds. The van der Waals surface area contributed by atoms with Gasteiger partial charge < -0.3 is 0 Å². The van der Waals surface area contributed by atoms with Crippen LogP contribution in [-0.2, 0) is 0 Å². The quantitative estimate of drug-likeness (QED) is 0.565. The summed E-state index contributed by atoms with van der Waals surface area (Å²) in [5, 5.41) is 12.6. The molecule has 0 N–H and O–H groups in total. The molecular weight excluding hydrogens is 210 g/mol. The molecule has 15 heavy (non-hydrogen) atoms. The summed E-state index contributed by atoms with van der Waals surface area (Å²) in [6, 6.07) is 1.64. The first-order chi connectivity index (χ1) is 7.18. The zero-order valence-corrected chi connectivity index (χ0v) is 9.63. The zero-order chi connectivity index (χ0) is 10.8. The predicted octanol–water partition coefficient (Wildman–Crippen LogP) is 3.95. The zero-order valence-electron chi connectivity index (χ0n) is 8.81. The minimum absolute atomic E-state index is 0.246. The third-order valence-corrected chi connectivity index (χ3v) is 4.33. The molecule has 1 saturated carbocycles. The van der Waals surface area contributed by atoms with Gasteiger partial charge in [-0.2, -0.15) is 0 Å². The van der Waals surface area contributed by atoms with E-state index >= 15 is 0 Å². The Hall–Kier alpha value is -0.900. The summed E-state index contributed by atoms with van der Waals surface area (Å²) in [4.78, 5) is 11.5. The Morgan fingerprint density at radius 2 is 2.07 bits per heavy atom. The molecule has 0 aliphatic heterocycles. The Morgan fingerprint density at radius 3 is 2.67 bits per heavy atom. The molecule has 1 aliphatic rings. The number of thiophene rings is 1. The topological polar surface area (TPSA) is 43.1 Å². The SMILES string of the molecule is CC1CCC(c2sccc2[N+](=O)[O-])CC1. The van der Waals surface area contributed by atoms with Crippen LogP contribution < -0.4 is 0 Å². The van der Waals surface area contributed by atoms with Crippen molar-refractivity contribution in [1.29, 1.82) is 0 Å². The van der Waals surface area contributed by atoms with E-state index in [0.717, 1.165) is 23.6 Å². The van der Waals surface area contributed by atoms with Gasteiger partial charge in [-0.05, 0) is 24.1 Å². The van der Waals surface area contributed by atoms with E-state index in [9.17, 15) is 10.1 Å². The highest BCUT2D eigenvalue weighted by molar-refractivity contribution is 7.10. The van der Waals surface area contributed by atoms with Gasteiger partial charge in [-0.15, -0.1) is 11.3 Å². The van der Waals surface area contributed by atoms with Crippen LogP contribution in [0.3, 0.4) is 0 Å². The standard InChI is InChI=1S/C11H15NO2S/c1-8-2-4-9(5-3-8)11-10(12(13)14)6-7-15-11/h6-9H,2-5H2,1H3. The third-order valence-electron chi connectivity index (χ3n) is 3.26. The molecule has 0 aromatic carbocycles. The number of nitro groups is 1. The minimum atomic E-state index is -0.246. The summed E-state index contributed by atoms with van der Waals surface area (Å²) in [5.41, 5.74) is 0.333. The van der Waals surface area contributed by atoms with E-state index in [1.54, 1.807) is 17.4 Å². The van der Waals surface area contributed by atoms with Gasteiger partial charge in [0, 0.05) is 12.0 Å². The van der Waals surface area contributed by atoms with Crippen LogP contribution in [0.5, 0.6) is 0 Å². The van der Waals surface area contributed by atoms with Crippen molar-refractivity contribution in [2.45, 2.75) is 38.5 Å². The van der Waals surface area contributed by atoms with Gasteiger partial charge in [0.1, 0.15) is 0 Å². The van der Waals surface area contributed by atoms with Gasteiger partial charge in [0.05, 0.1) is 9.80 Å². The monoisotopic (exact) mass is 225 g/mol. The Bertz CT molecular complexity index is 353. The molecule has 4 heteroatoms. The van der Waals surface area contributed by atoms with Crippen LogP contribution in [0.25, 0.3) is 0 Å². The molecule has 1 fully saturated rings. The van der Waals surface area contributed by atoms with E-state index in [-0.39, 0.29) is 4.92 Å². The van der Waals surface area contributed by atoms with E-state index < -0.39 is 0 Å². The summed E-state index contributed by atoms with van der Waals surface area (Å²) >= 11 is 1.54. The van der Waals surface area contributed by atoms with Crippen LogP contribution in [0.1, 0.15) is 43.4 Å². The average Bonchev–Trinajstić information content (AvgIpc) is 2.67. The Morgan fingerprint density at radius 1 is 1.40 bits per heavy atom. The van der Waals surface area contributed by atoms with Gasteiger partial charge in [-0.1, -0.05) is 19.8 Å². The first kappa shape index (κ1) is 10.6. The molecule has 0 spiro atoms. The number of rotatable bonds is 2. The molecule has 0 bridgehead atoms. The number of hydrogen-bond acceptors (Lipinski definition) is 3. The molecule has 82 valence electrons. The van der Waals surface area contributed by atoms with Crippen molar-refractivity contribution < 1.29 is 4.92 Å². The molecule has 0 saturated heterocycles. The van der Waals surface area contributed by atoms with Crippen LogP contribution in [0.15, 0.2) is 11.4 Å². The fraction of sp³-hybridized carbons (Fsp3) is 0.636. The van der Waals surface area contributed by atoms with Gasteiger partial charge in [0.15, 0.2) is 0 Å². The van der Waals surface area contributed by atoms with Gasteiger partial charge in [-0.3, -0.25) is 10.1 Å². The van der Waals surface area contributed by atoms with E-state index in [2.05, 4.69) is 6.92 Å². The Labute approximate surface area is 93.3 Å². The lowest BCUT2D eigenvalue weighted by atomic mass is 9.82. The van der Waals surface area contributed by atoms with E-state index in [0.29, 0.717) is 11.6 Å². The molecular formula is C11H15NO2S. The van der Waals surface area contributed by atoms with Crippen LogP contribution in [0.2, 0.25) is 0 Å². The largest absolute Gasteiger partial charge is 0.283 e. The second-order valence-corrected chi connectivity index (χ2v) is 5.33. The molecule has 1 aromatic heterocycles. The normalized spacial score (nSPS) is 26.5. The summed E-state index contributed by atoms with van der Waals surface area (Å²) in [5.74, 6) is 1.22. The lowest BCUT2D eigenvalue weighted by molar-refractivity contribution is -0.385. The van der Waals surface area contributed by atoms with Crippen molar-refractivity contribution in [2.75, 3.05) is 0 Å². The second-order valence-electron chi connectivity index (χ2n) is 4.38. The van der Waals surface area contributed by atoms with Gasteiger partial charge in [0.25, 0.3) is 5.69 Å². The predicted molar refractivity (Wildman–Crippen MR) is 61.3 cm³/mol. The van der Waals surface area contributed by atoms with Crippen molar-refractivity contribution in [3.8, 4) is 0 Å². The van der Waals surface area contributed by atoms with Crippen molar-refractivity contribution in [3.05, 3.63) is 26.4 Å². The average molecular weight is 225 g/mol. The Balaban J connectivity index is 2.15. The van der Waals surface area contributed by atoms with Crippen LogP contribution >= 0.6 is 11.3 Å². The van der Waals surface area contributed by atoms with E-state index in [4.69, 9.17) is 0 Å². The molecule has 2 rings (SSSR count). The molecule has 3 nitrogen and oxygen atoms in total. The number of nitrogens with zero attached hydrogens (tertiary/aromatic N) is 1. The summed E-state index contributed by atoms with van der Waals surface area (Å²) in [6.45, 7) is 2.26. The molecule has 1 aromatic rings. The first-order valence-corrected chi connectivity index (χ1v) is 6.28. The smallest absolute Gasteiger partial charge is 0.258 e. The van der Waals surface area contributed by atoms with Crippen molar-refractivity contribution in [3.63, 3.8) is 0 Å². The third kappa shape index (κ3) is 2.20. The van der Waals surface area contributed by atoms with Gasteiger partial charge in [-0.25, -0.2) is 0 Å². The second kappa shape index (κ2) is 4.31. The van der Waals surface area contributed by atoms with Gasteiger partial charge >= 0.3 is 0 Å². The minimum Gasteiger partial charge on any atom is -0.258 e. The maximum absolute atomic E-state index is 10.8. The highest BCUT2D eigenvalue weighted by Crippen LogP contribution is 2.41. The maximum Gasteiger partial charge on any atom is 0.283 e. The van der Waals surface area contributed by atoms with E-state index in [1.165, 1.54) is 12.8 Å². The Kier molecular flexibility index (Phi) is 3.05. The summed E-state index contributed by atoms with van der Waals surface area (Å²) in [7, 11) is 0. The molecule has 1 heterocycles. The maximum atomic E-state index is 10.8. The van der Waals surface area contributed by atoms with Crippen molar-refractivity contribution in [1.82, 2.24) is 0 Å². The van der Waals surface area contributed by atoms with E-state index in [1.807, 2.05) is 5.38 Å². The van der Waals surface area contributed by atoms with Crippen molar-refractivity contribution >= 4 is 17.0 Å². The fourth-order valence-electron chi connectivity index (χ4n) is 2.29. The van der Waals surface area contributed by atoms with Gasteiger partial charge in [0.2, 0.25) is 0 Å². The molecule has 0 unspecified atom stereocenters. The number of hydrogen-bond donors (Lipinski definition) is 0. The fourth-order valence-corrected chi connectivity index (χ4v) is 3.33. The highest BCUT2D eigenvalue weighted by atomic mass is 32.1. The van der Waals surface area contributed by atoms with Crippen LogP contribution in [-0.4, -0.2) is 4.92 Å². The lowest BCUT2D eigenvalue weighted by Crippen LogP contribution is -2.10. The lowest BCUT2D eigenvalue weighted by Gasteiger charge is -2.24. The van der Waals surface area contributed by atoms with Crippen molar-refractivity contribution in [2.24, 2.45) is 5.92 Å². The first-order valence-electron chi connectivity index (χ1n) is 5.40. The van der Waals surface area contributed by atoms with Crippen LogP contribution in [0.4, 0.5) is 5.69 Å². The molecule has 0 atom stereocenters.